The predicted octanol–water partition coefficient (Wildman–Crippen LogP) is 1.14. The standard InChI is InChI=1S/C12H19N5O3/c1-9-10(17(18)19)11(15-12(13)14-9)20-8-7-16-5-3-2-4-6-16/h2-8H2,1H3,(H2,13,14,15). The summed E-state index contributed by atoms with van der Waals surface area (Å²) in [6.07, 6.45) is 3.66. The lowest BCUT2D eigenvalue weighted by Gasteiger charge is -2.25. The number of nitrogens with zero attached hydrogens (tertiary/aromatic N) is 4. The summed E-state index contributed by atoms with van der Waals surface area (Å²) in [6, 6.07) is 0. The number of piperidine rings is 1. The van der Waals surface area contributed by atoms with Gasteiger partial charge in [0, 0.05) is 6.54 Å². The predicted molar refractivity (Wildman–Crippen MR) is 73.6 cm³/mol. The van der Waals surface area contributed by atoms with E-state index in [1.54, 1.807) is 0 Å². The quantitative estimate of drug-likeness (QED) is 0.636. The third-order valence-electron chi connectivity index (χ3n) is 3.32. The normalized spacial score (nSPS) is 16.1. The molecular formula is C12H19N5O3. The molecule has 0 bridgehead atoms. The molecule has 0 saturated carbocycles. The molecule has 1 aliphatic heterocycles. The minimum absolute atomic E-state index is 0.0129. The first kappa shape index (κ1) is 14.4. The van der Waals surface area contributed by atoms with Gasteiger partial charge in [-0.3, -0.25) is 15.0 Å². The van der Waals surface area contributed by atoms with Gasteiger partial charge in [0.2, 0.25) is 5.95 Å². The molecule has 1 fully saturated rings. The van der Waals surface area contributed by atoms with Gasteiger partial charge in [0.25, 0.3) is 5.88 Å². The molecule has 2 N–H and O–H groups in total. The van der Waals surface area contributed by atoms with Gasteiger partial charge in [0.05, 0.1) is 4.92 Å². The van der Waals surface area contributed by atoms with Gasteiger partial charge in [-0.25, -0.2) is 4.98 Å². The van der Waals surface area contributed by atoms with Crippen molar-refractivity contribution in [1.82, 2.24) is 14.9 Å². The number of aryl methyl sites for hydroxylation is 1. The molecule has 0 amide bonds. The zero-order valence-electron chi connectivity index (χ0n) is 11.5. The molecule has 1 saturated heterocycles. The Kier molecular flexibility index (Phi) is 4.67. The van der Waals surface area contributed by atoms with Gasteiger partial charge in [-0.1, -0.05) is 6.42 Å². The molecule has 0 unspecified atom stereocenters. The minimum Gasteiger partial charge on any atom is -0.471 e. The van der Waals surface area contributed by atoms with Gasteiger partial charge < -0.3 is 10.5 Å². The molecule has 1 aromatic rings. The molecule has 8 heteroatoms. The molecule has 2 rings (SSSR count). The van der Waals surface area contributed by atoms with E-state index in [4.69, 9.17) is 10.5 Å². The summed E-state index contributed by atoms with van der Waals surface area (Å²) in [5, 5.41) is 11.0. The van der Waals surface area contributed by atoms with Crippen LogP contribution in [0.4, 0.5) is 11.6 Å². The lowest BCUT2D eigenvalue weighted by molar-refractivity contribution is -0.387. The van der Waals surface area contributed by atoms with E-state index < -0.39 is 4.92 Å². The lowest BCUT2D eigenvalue weighted by Crippen LogP contribution is -2.33. The Morgan fingerprint density at radius 3 is 2.70 bits per heavy atom. The van der Waals surface area contributed by atoms with Gasteiger partial charge >= 0.3 is 5.69 Å². The van der Waals surface area contributed by atoms with Crippen LogP contribution >= 0.6 is 0 Å². The van der Waals surface area contributed by atoms with Crippen molar-refractivity contribution in [2.24, 2.45) is 0 Å². The van der Waals surface area contributed by atoms with Gasteiger partial charge in [-0.05, 0) is 32.9 Å². The van der Waals surface area contributed by atoms with Crippen molar-refractivity contribution in [3.8, 4) is 5.88 Å². The maximum absolute atomic E-state index is 11.0. The number of nitrogen functional groups attached to an aromatic ring is 1. The van der Waals surface area contributed by atoms with E-state index in [1.807, 2.05) is 0 Å². The SMILES string of the molecule is Cc1nc(N)nc(OCCN2CCCCC2)c1[N+](=O)[O-]. The van der Waals surface area contributed by atoms with Crippen molar-refractivity contribution < 1.29 is 9.66 Å². The molecule has 0 spiro atoms. The fourth-order valence-corrected chi connectivity index (χ4v) is 2.33. The summed E-state index contributed by atoms with van der Waals surface area (Å²) in [4.78, 5) is 20.4. The Morgan fingerprint density at radius 2 is 2.05 bits per heavy atom. The van der Waals surface area contributed by atoms with Crippen molar-refractivity contribution in [2.45, 2.75) is 26.2 Å². The smallest absolute Gasteiger partial charge is 0.352 e. The van der Waals surface area contributed by atoms with Crippen molar-refractivity contribution in [2.75, 3.05) is 32.0 Å². The lowest BCUT2D eigenvalue weighted by atomic mass is 10.1. The Labute approximate surface area is 117 Å². The molecule has 0 atom stereocenters. The second-order valence-corrected chi connectivity index (χ2v) is 4.83. The fourth-order valence-electron chi connectivity index (χ4n) is 2.33. The average molecular weight is 281 g/mol. The van der Waals surface area contributed by atoms with E-state index >= 15 is 0 Å². The van der Waals surface area contributed by atoms with Crippen LogP contribution in [0.2, 0.25) is 0 Å². The van der Waals surface area contributed by atoms with Crippen molar-refractivity contribution in [1.29, 1.82) is 0 Å². The van der Waals surface area contributed by atoms with Crippen LogP contribution in [-0.4, -0.2) is 46.0 Å². The van der Waals surface area contributed by atoms with Crippen molar-refractivity contribution in [3.63, 3.8) is 0 Å². The van der Waals surface area contributed by atoms with Crippen LogP contribution in [0.3, 0.4) is 0 Å². The number of likely N-dealkylation sites (tertiary alicyclic amines) is 1. The van der Waals surface area contributed by atoms with E-state index in [9.17, 15) is 10.1 Å². The first-order valence-corrected chi connectivity index (χ1v) is 6.71. The van der Waals surface area contributed by atoms with Crippen LogP contribution in [0.25, 0.3) is 0 Å². The van der Waals surface area contributed by atoms with Gasteiger partial charge in [0.15, 0.2) is 0 Å². The van der Waals surface area contributed by atoms with Crippen LogP contribution in [0.15, 0.2) is 0 Å². The van der Waals surface area contributed by atoms with Gasteiger partial charge in [0.1, 0.15) is 12.3 Å². The molecule has 20 heavy (non-hydrogen) atoms. The number of anilines is 1. The number of ether oxygens (including phenoxy) is 1. The summed E-state index contributed by atoms with van der Waals surface area (Å²) in [7, 11) is 0. The van der Waals surface area contributed by atoms with Crippen LogP contribution in [0.5, 0.6) is 5.88 Å². The van der Waals surface area contributed by atoms with E-state index in [-0.39, 0.29) is 23.2 Å². The summed E-state index contributed by atoms with van der Waals surface area (Å²) < 4.78 is 5.45. The first-order valence-electron chi connectivity index (χ1n) is 6.71. The number of nitro groups is 1. The Bertz CT molecular complexity index is 488. The third kappa shape index (κ3) is 3.53. The summed E-state index contributed by atoms with van der Waals surface area (Å²) >= 11 is 0. The number of nitrogens with two attached hydrogens (primary N) is 1. The van der Waals surface area contributed by atoms with Crippen LogP contribution < -0.4 is 10.5 Å². The number of hydrogen-bond donors (Lipinski definition) is 1. The highest BCUT2D eigenvalue weighted by molar-refractivity contribution is 5.47. The molecule has 0 radical (unpaired) electrons. The van der Waals surface area contributed by atoms with Gasteiger partial charge in [-0.15, -0.1) is 0 Å². The van der Waals surface area contributed by atoms with Crippen LogP contribution in [0, 0.1) is 17.0 Å². The fraction of sp³-hybridized carbons (Fsp3) is 0.667. The summed E-state index contributed by atoms with van der Waals surface area (Å²) in [6.45, 7) is 4.72. The maximum Gasteiger partial charge on any atom is 0.352 e. The molecule has 0 aliphatic carbocycles. The summed E-state index contributed by atoms with van der Waals surface area (Å²) in [5.41, 5.74) is 5.52. The zero-order chi connectivity index (χ0) is 14.5. The van der Waals surface area contributed by atoms with E-state index in [0.29, 0.717) is 6.61 Å². The van der Waals surface area contributed by atoms with Crippen LogP contribution in [-0.2, 0) is 0 Å². The second kappa shape index (κ2) is 6.47. The van der Waals surface area contributed by atoms with Gasteiger partial charge in [-0.2, -0.15) is 4.98 Å². The van der Waals surface area contributed by atoms with E-state index in [0.717, 1.165) is 19.6 Å². The van der Waals surface area contributed by atoms with E-state index in [1.165, 1.54) is 26.2 Å². The number of aromatic nitrogens is 2. The topological polar surface area (TPSA) is 107 Å². The Balaban J connectivity index is 1.99. The van der Waals surface area contributed by atoms with E-state index in [2.05, 4.69) is 14.9 Å². The molecule has 1 aliphatic rings. The highest BCUT2D eigenvalue weighted by atomic mass is 16.6. The monoisotopic (exact) mass is 281 g/mol. The Hall–Kier alpha value is -1.96. The number of hydrogen-bond acceptors (Lipinski definition) is 7. The largest absolute Gasteiger partial charge is 0.471 e. The highest BCUT2D eigenvalue weighted by Gasteiger charge is 2.23. The third-order valence-corrected chi connectivity index (χ3v) is 3.32. The molecule has 1 aromatic heterocycles. The minimum atomic E-state index is -0.537. The zero-order valence-corrected chi connectivity index (χ0v) is 11.5. The van der Waals surface area contributed by atoms with Crippen LogP contribution in [0.1, 0.15) is 25.0 Å². The molecule has 0 aromatic carbocycles. The van der Waals surface area contributed by atoms with Crippen molar-refractivity contribution in [3.05, 3.63) is 15.8 Å². The average Bonchev–Trinajstić information content (AvgIpc) is 2.38. The van der Waals surface area contributed by atoms with Crippen molar-refractivity contribution >= 4 is 11.6 Å². The summed E-state index contributed by atoms with van der Waals surface area (Å²) in [5.74, 6) is -0.0573. The highest BCUT2D eigenvalue weighted by Crippen LogP contribution is 2.27. The molecule has 2 heterocycles. The first-order chi connectivity index (χ1) is 9.58. The molecule has 8 nitrogen and oxygen atoms in total. The maximum atomic E-state index is 11.0. The number of rotatable bonds is 5. The second-order valence-electron chi connectivity index (χ2n) is 4.83. The Morgan fingerprint density at radius 1 is 1.35 bits per heavy atom. The molecular weight excluding hydrogens is 262 g/mol. The molecule has 110 valence electrons.